The molecule has 2 aromatic heterocycles. The number of rotatable bonds is 7. The van der Waals surface area contributed by atoms with Gasteiger partial charge in [0.15, 0.2) is 5.16 Å². The standard InChI is InChI=1S/C16H22N4O3S2/c1-6-23-15(22)11-7-12(9(2)3)25-14(11)17-13(21)8-24-16-19-18-10(4)20(16)5/h7,9H,6,8H2,1-5H3,(H,17,21). The molecular formula is C16H22N4O3S2. The number of carbonyl (C=O) groups is 2. The van der Waals surface area contributed by atoms with Crippen molar-refractivity contribution in [2.24, 2.45) is 7.05 Å². The number of ether oxygens (including phenoxy) is 1. The van der Waals surface area contributed by atoms with Gasteiger partial charge in [-0.3, -0.25) is 4.79 Å². The maximum absolute atomic E-state index is 12.3. The van der Waals surface area contributed by atoms with E-state index in [1.165, 1.54) is 23.1 Å². The molecule has 0 aliphatic rings. The normalized spacial score (nSPS) is 11.0. The third-order valence-electron chi connectivity index (χ3n) is 3.45. The van der Waals surface area contributed by atoms with Crippen molar-refractivity contribution < 1.29 is 14.3 Å². The second-order valence-corrected chi connectivity index (χ2v) is 7.72. The first kappa shape index (κ1) is 19.5. The SMILES string of the molecule is CCOC(=O)c1cc(C(C)C)sc1NC(=O)CSc1nnc(C)n1C. The van der Waals surface area contributed by atoms with Gasteiger partial charge in [-0.1, -0.05) is 25.6 Å². The Balaban J connectivity index is 2.08. The minimum absolute atomic E-state index is 0.184. The lowest BCUT2D eigenvalue weighted by Crippen LogP contribution is -2.16. The number of thiophene rings is 1. The Morgan fingerprint density at radius 1 is 1.40 bits per heavy atom. The van der Waals surface area contributed by atoms with E-state index in [-0.39, 0.29) is 17.6 Å². The molecule has 1 N–H and O–H groups in total. The van der Waals surface area contributed by atoms with Gasteiger partial charge in [0.1, 0.15) is 10.8 Å². The lowest BCUT2D eigenvalue weighted by molar-refractivity contribution is -0.113. The van der Waals surface area contributed by atoms with Crippen molar-refractivity contribution in [3.05, 3.63) is 22.3 Å². The molecule has 1 amide bonds. The zero-order valence-electron chi connectivity index (χ0n) is 15.0. The largest absolute Gasteiger partial charge is 0.462 e. The van der Waals surface area contributed by atoms with Crippen LogP contribution in [0.3, 0.4) is 0 Å². The van der Waals surface area contributed by atoms with Crippen molar-refractivity contribution in [1.29, 1.82) is 0 Å². The molecule has 0 aliphatic carbocycles. The minimum Gasteiger partial charge on any atom is -0.462 e. The average molecular weight is 383 g/mol. The molecule has 0 unspecified atom stereocenters. The summed E-state index contributed by atoms with van der Waals surface area (Å²) in [5, 5.41) is 12.0. The monoisotopic (exact) mass is 382 g/mol. The van der Waals surface area contributed by atoms with Crippen LogP contribution in [0.2, 0.25) is 0 Å². The molecule has 0 aromatic carbocycles. The van der Waals surface area contributed by atoms with Crippen LogP contribution in [-0.2, 0) is 16.6 Å². The Bertz CT molecular complexity index is 768. The Morgan fingerprint density at radius 3 is 2.68 bits per heavy atom. The van der Waals surface area contributed by atoms with Crippen LogP contribution in [0.1, 0.15) is 47.7 Å². The highest BCUT2D eigenvalue weighted by Crippen LogP contribution is 2.33. The second kappa shape index (κ2) is 8.48. The molecule has 0 bridgehead atoms. The van der Waals surface area contributed by atoms with Crippen LogP contribution in [0.4, 0.5) is 5.00 Å². The Labute approximate surface area is 155 Å². The molecule has 0 fully saturated rings. The first-order chi connectivity index (χ1) is 11.8. The number of anilines is 1. The molecule has 0 aliphatic heterocycles. The Kier molecular flexibility index (Phi) is 6.60. The van der Waals surface area contributed by atoms with Gasteiger partial charge >= 0.3 is 5.97 Å². The summed E-state index contributed by atoms with van der Waals surface area (Å²) in [4.78, 5) is 25.4. The van der Waals surface area contributed by atoms with Gasteiger partial charge in [-0.15, -0.1) is 21.5 Å². The van der Waals surface area contributed by atoms with Crippen LogP contribution in [0.25, 0.3) is 0 Å². The average Bonchev–Trinajstić information content (AvgIpc) is 3.11. The third-order valence-corrected chi connectivity index (χ3v) is 5.82. The van der Waals surface area contributed by atoms with Crippen LogP contribution in [0.15, 0.2) is 11.2 Å². The van der Waals surface area contributed by atoms with Crippen molar-refractivity contribution in [2.75, 3.05) is 17.7 Å². The van der Waals surface area contributed by atoms with Crippen LogP contribution in [0, 0.1) is 6.92 Å². The lowest BCUT2D eigenvalue weighted by Gasteiger charge is -2.06. The summed E-state index contributed by atoms with van der Waals surface area (Å²) in [6.07, 6.45) is 0. The van der Waals surface area contributed by atoms with Crippen LogP contribution < -0.4 is 5.32 Å². The molecule has 0 saturated carbocycles. The smallest absolute Gasteiger partial charge is 0.341 e. The number of nitrogens with zero attached hydrogens (tertiary/aromatic N) is 3. The van der Waals surface area contributed by atoms with Crippen molar-refractivity contribution in [1.82, 2.24) is 14.8 Å². The van der Waals surface area contributed by atoms with Gasteiger partial charge in [-0.25, -0.2) is 4.79 Å². The zero-order valence-corrected chi connectivity index (χ0v) is 16.6. The number of hydrogen-bond donors (Lipinski definition) is 1. The fourth-order valence-electron chi connectivity index (χ4n) is 1.95. The van der Waals surface area contributed by atoms with Crippen molar-refractivity contribution in [3.63, 3.8) is 0 Å². The molecule has 25 heavy (non-hydrogen) atoms. The van der Waals surface area contributed by atoms with E-state index in [0.717, 1.165) is 10.7 Å². The number of amides is 1. The molecule has 0 radical (unpaired) electrons. The zero-order chi connectivity index (χ0) is 18.6. The maximum Gasteiger partial charge on any atom is 0.341 e. The molecule has 0 saturated heterocycles. The first-order valence-electron chi connectivity index (χ1n) is 7.93. The fraction of sp³-hybridized carbons (Fsp3) is 0.500. The molecule has 9 heteroatoms. The molecule has 2 aromatic rings. The van der Waals surface area contributed by atoms with Crippen LogP contribution >= 0.6 is 23.1 Å². The Hall–Kier alpha value is -1.87. The quantitative estimate of drug-likeness (QED) is 0.584. The summed E-state index contributed by atoms with van der Waals surface area (Å²) in [6.45, 7) is 7.98. The van der Waals surface area contributed by atoms with E-state index in [2.05, 4.69) is 15.5 Å². The van der Waals surface area contributed by atoms with E-state index in [1.807, 2.05) is 32.4 Å². The van der Waals surface area contributed by atoms with Gasteiger partial charge in [0.25, 0.3) is 0 Å². The Morgan fingerprint density at radius 2 is 2.12 bits per heavy atom. The van der Waals surface area contributed by atoms with E-state index in [9.17, 15) is 9.59 Å². The fourth-order valence-corrected chi connectivity index (χ4v) is 3.78. The lowest BCUT2D eigenvalue weighted by atomic mass is 10.1. The van der Waals surface area contributed by atoms with Crippen molar-refractivity contribution >= 4 is 40.0 Å². The number of hydrogen-bond acceptors (Lipinski definition) is 7. The van der Waals surface area contributed by atoms with E-state index >= 15 is 0 Å². The van der Waals surface area contributed by atoms with Gasteiger partial charge in [-0.05, 0) is 25.8 Å². The number of carbonyl (C=O) groups excluding carboxylic acids is 2. The first-order valence-corrected chi connectivity index (χ1v) is 9.73. The van der Waals surface area contributed by atoms with Gasteiger partial charge in [0, 0.05) is 11.9 Å². The molecule has 2 heterocycles. The maximum atomic E-state index is 12.3. The number of nitrogens with one attached hydrogen (secondary N) is 1. The number of aromatic nitrogens is 3. The third kappa shape index (κ3) is 4.82. The van der Waals surface area contributed by atoms with Gasteiger partial charge < -0.3 is 14.6 Å². The number of aryl methyl sites for hydroxylation is 1. The molecule has 7 nitrogen and oxygen atoms in total. The summed E-state index contributed by atoms with van der Waals surface area (Å²) in [5.41, 5.74) is 0.406. The van der Waals surface area contributed by atoms with Gasteiger partial charge in [0.2, 0.25) is 5.91 Å². The van der Waals surface area contributed by atoms with E-state index in [0.29, 0.717) is 22.3 Å². The number of esters is 1. The van der Waals surface area contributed by atoms with E-state index < -0.39 is 5.97 Å². The highest BCUT2D eigenvalue weighted by molar-refractivity contribution is 7.99. The van der Waals surface area contributed by atoms with E-state index in [4.69, 9.17) is 4.74 Å². The summed E-state index contributed by atoms with van der Waals surface area (Å²) in [7, 11) is 1.85. The summed E-state index contributed by atoms with van der Waals surface area (Å²) < 4.78 is 6.90. The molecule has 136 valence electrons. The topological polar surface area (TPSA) is 86.1 Å². The predicted molar refractivity (Wildman–Crippen MR) is 99.5 cm³/mol. The predicted octanol–water partition coefficient (Wildman–Crippen LogP) is 3.22. The van der Waals surface area contributed by atoms with Gasteiger partial charge in [0.05, 0.1) is 17.9 Å². The van der Waals surface area contributed by atoms with Crippen molar-refractivity contribution in [3.8, 4) is 0 Å². The minimum atomic E-state index is -0.419. The molecule has 2 rings (SSSR count). The highest BCUT2D eigenvalue weighted by atomic mass is 32.2. The summed E-state index contributed by atoms with van der Waals surface area (Å²) in [6, 6.07) is 1.79. The molecule has 0 atom stereocenters. The summed E-state index contributed by atoms with van der Waals surface area (Å²) in [5.74, 6) is 0.612. The van der Waals surface area contributed by atoms with Crippen LogP contribution in [0.5, 0.6) is 0 Å². The van der Waals surface area contributed by atoms with Crippen LogP contribution in [-0.4, -0.2) is 39.0 Å². The summed E-state index contributed by atoms with van der Waals surface area (Å²) >= 11 is 2.70. The van der Waals surface area contributed by atoms with Gasteiger partial charge in [-0.2, -0.15) is 0 Å². The number of thioether (sulfide) groups is 1. The molecule has 0 spiro atoms. The second-order valence-electron chi connectivity index (χ2n) is 5.69. The highest BCUT2D eigenvalue weighted by Gasteiger charge is 2.20. The molecular weight excluding hydrogens is 360 g/mol. The van der Waals surface area contributed by atoms with Crippen molar-refractivity contribution in [2.45, 2.75) is 38.8 Å². The van der Waals surface area contributed by atoms with E-state index in [1.54, 1.807) is 13.0 Å².